The van der Waals surface area contributed by atoms with E-state index >= 15 is 0 Å². The van der Waals surface area contributed by atoms with Crippen LogP contribution in [0.4, 0.5) is 0 Å². The van der Waals surface area contributed by atoms with E-state index in [1.165, 1.54) is 10.5 Å². The van der Waals surface area contributed by atoms with Crippen LogP contribution in [0.25, 0.3) is 0 Å². The lowest BCUT2D eigenvalue weighted by molar-refractivity contribution is -0.917. The van der Waals surface area contributed by atoms with E-state index in [2.05, 4.69) is 12.1 Å². The SMILES string of the molecule is COc1ccc(C[NH+]2CCN(C(=O)c3ccco3)CC2)cc1. The normalized spacial score (nSPS) is 15.8. The molecule has 2 heterocycles. The molecule has 1 fully saturated rings. The third-order valence-electron chi connectivity index (χ3n) is 4.10. The molecule has 0 spiro atoms. The van der Waals surface area contributed by atoms with Gasteiger partial charge in [-0.05, 0) is 36.4 Å². The Hall–Kier alpha value is -2.27. The first-order chi connectivity index (χ1) is 10.8. The van der Waals surface area contributed by atoms with Crippen molar-refractivity contribution in [2.24, 2.45) is 0 Å². The molecule has 1 aliphatic rings. The third-order valence-corrected chi connectivity index (χ3v) is 4.10. The van der Waals surface area contributed by atoms with E-state index in [-0.39, 0.29) is 5.91 Å². The highest BCUT2D eigenvalue weighted by Crippen LogP contribution is 2.10. The summed E-state index contributed by atoms with van der Waals surface area (Å²) in [6, 6.07) is 11.7. The molecule has 1 aromatic carbocycles. The number of hydrogen-bond acceptors (Lipinski definition) is 3. The van der Waals surface area contributed by atoms with E-state index in [0.717, 1.165) is 38.5 Å². The first-order valence-corrected chi connectivity index (χ1v) is 7.55. The van der Waals surface area contributed by atoms with Gasteiger partial charge in [0.2, 0.25) is 0 Å². The molecule has 1 aliphatic heterocycles. The van der Waals surface area contributed by atoms with Crippen molar-refractivity contribution in [2.75, 3.05) is 33.3 Å². The molecule has 0 bridgehead atoms. The molecule has 0 radical (unpaired) electrons. The van der Waals surface area contributed by atoms with Crippen LogP contribution in [0, 0.1) is 0 Å². The van der Waals surface area contributed by atoms with Crippen LogP contribution in [0.5, 0.6) is 5.75 Å². The van der Waals surface area contributed by atoms with Crippen LogP contribution in [0.2, 0.25) is 0 Å². The predicted octanol–water partition coefficient (Wildman–Crippen LogP) is 0.829. The Kier molecular flexibility index (Phi) is 4.44. The van der Waals surface area contributed by atoms with E-state index in [4.69, 9.17) is 9.15 Å². The number of carbonyl (C=O) groups excluding carboxylic acids is 1. The summed E-state index contributed by atoms with van der Waals surface area (Å²) < 4.78 is 10.4. The van der Waals surface area contributed by atoms with E-state index in [1.54, 1.807) is 25.5 Å². The fourth-order valence-electron chi connectivity index (χ4n) is 2.79. The Morgan fingerprint density at radius 3 is 2.55 bits per heavy atom. The van der Waals surface area contributed by atoms with Crippen molar-refractivity contribution < 1.29 is 18.8 Å². The highest BCUT2D eigenvalue weighted by atomic mass is 16.5. The van der Waals surface area contributed by atoms with Gasteiger partial charge in [-0.15, -0.1) is 0 Å². The Morgan fingerprint density at radius 2 is 1.95 bits per heavy atom. The second-order valence-electron chi connectivity index (χ2n) is 5.54. The van der Waals surface area contributed by atoms with Gasteiger partial charge in [0.1, 0.15) is 12.3 Å². The second kappa shape index (κ2) is 6.66. The largest absolute Gasteiger partial charge is 0.497 e. The lowest BCUT2D eigenvalue weighted by Gasteiger charge is -2.31. The van der Waals surface area contributed by atoms with Gasteiger partial charge in [-0.3, -0.25) is 4.79 Å². The molecular weight excluding hydrogens is 280 g/mol. The molecule has 0 atom stereocenters. The van der Waals surface area contributed by atoms with Crippen LogP contribution in [0.3, 0.4) is 0 Å². The summed E-state index contributed by atoms with van der Waals surface area (Å²) in [5.41, 5.74) is 1.29. The van der Waals surface area contributed by atoms with Gasteiger partial charge in [-0.1, -0.05) is 0 Å². The van der Waals surface area contributed by atoms with Crippen molar-refractivity contribution in [1.82, 2.24) is 4.90 Å². The van der Waals surface area contributed by atoms with Crippen LogP contribution >= 0.6 is 0 Å². The zero-order valence-electron chi connectivity index (χ0n) is 12.7. The van der Waals surface area contributed by atoms with E-state index in [0.29, 0.717) is 5.76 Å². The highest BCUT2D eigenvalue weighted by Gasteiger charge is 2.25. The summed E-state index contributed by atoms with van der Waals surface area (Å²) in [7, 11) is 1.68. The molecule has 5 heteroatoms. The monoisotopic (exact) mass is 301 g/mol. The van der Waals surface area contributed by atoms with Crippen molar-refractivity contribution in [3.63, 3.8) is 0 Å². The third kappa shape index (κ3) is 3.31. The van der Waals surface area contributed by atoms with Gasteiger partial charge in [0.15, 0.2) is 5.76 Å². The summed E-state index contributed by atoms with van der Waals surface area (Å²) >= 11 is 0. The number of furan rings is 1. The summed E-state index contributed by atoms with van der Waals surface area (Å²) in [5, 5.41) is 0. The van der Waals surface area contributed by atoms with Gasteiger partial charge >= 0.3 is 0 Å². The maximum atomic E-state index is 12.2. The number of methoxy groups -OCH3 is 1. The van der Waals surface area contributed by atoms with Crippen LogP contribution in [-0.4, -0.2) is 44.1 Å². The second-order valence-corrected chi connectivity index (χ2v) is 5.54. The van der Waals surface area contributed by atoms with Crippen molar-refractivity contribution in [2.45, 2.75) is 6.54 Å². The predicted molar refractivity (Wildman–Crippen MR) is 82.0 cm³/mol. The smallest absolute Gasteiger partial charge is 0.289 e. The Balaban J connectivity index is 1.52. The first kappa shape index (κ1) is 14.7. The lowest BCUT2D eigenvalue weighted by atomic mass is 10.2. The summed E-state index contributed by atoms with van der Waals surface area (Å²) in [6.45, 7) is 4.43. The summed E-state index contributed by atoms with van der Waals surface area (Å²) in [6.07, 6.45) is 1.54. The molecule has 0 saturated carbocycles. The molecule has 1 amide bonds. The number of ether oxygens (including phenoxy) is 1. The van der Waals surface area contributed by atoms with Gasteiger partial charge in [0.25, 0.3) is 5.91 Å². The quantitative estimate of drug-likeness (QED) is 0.910. The standard InChI is InChI=1S/C17H20N2O3/c1-21-15-6-4-14(5-7-15)13-18-8-10-19(11-9-18)17(20)16-3-2-12-22-16/h2-7,12H,8-11,13H2,1H3/p+1. The molecule has 1 aromatic heterocycles. The molecule has 0 unspecified atom stereocenters. The number of benzene rings is 1. The van der Waals surface area contributed by atoms with E-state index in [1.807, 2.05) is 17.0 Å². The topological polar surface area (TPSA) is 47.1 Å². The van der Waals surface area contributed by atoms with Crippen molar-refractivity contribution in [1.29, 1.82) is 0 Å². The van der Waals surface area contributed by atoms with Crippen molar-refractivity contribution in [3.05, 3.63) is 54.0 Å². The average Bonchev–Trinajstić information content (AvgIpc) is 3.10. The van der Waals surface area contributed by atoms with Crippen molar-refractivity contribution >= 4 is 5.91 Å². The number of quaternary nitrogens is 1. The lowest BCUT2D eigenvalue weighted by Crippen LogP contribution is -3.13. The van der Waals surface area contributed by atoms with Crippen LogP contribution in [0.15, 0.2) is 47.1 Å². The summed E-state index contributed by atoms with van der Waals surface area (Å²) in [5.74, 6) is 1.31. The number of nitrogens with one attached hydrogen (secondary N) is 1. The zero-order chi connectivity index (χ0) is 15.4. The molecule has 2 aromatic rings. The Bertz CT molecular complexity index is 599. The molecule has 1 N–H and O–H groups in total. The molecular formula is C17H21N2O3+. The van der Waals surface area contributed by atoms with Crippen LogP contribution in [-0.2, 0) is 6.54 Å². The fourth-order valence-corrected chi connectivity index (χ4v) is 2.79. The number of piperazine rings is 1. The number of carbonyl (C=O) groups is 1. The van der Waals surface area contributed by atoms with Gasteiger partial charge in [-0.25, -0.2) is 0 Å². The summed E-state index contributed by atoms with van der Waals surface area (Å²) in [4.78, 5) is 15.6. The minimum Gasteiger partial charge on any atom is -0.497 e. The number of rotatable bonds is 4. The first-order valence-electron chi connectivity index (χ1n) is 7.55. The zero-order valence-corrected chi connectivity index (χ0v) is 12.7. The molecule has 5 nitrogen and oxygen atoms in total. The minimum atomic E-state index is -0.00602. The van der Waals surface area contributed by atoms with Crippen LogP contribution < -0.4 is 9.64 Å². The number of hydrogen-bond donors (Lipinski definition) is 1. The average molecular weight is 301 g/mol. The van der Waals surface area contributed by atoms with E-state index in [9.17, 15) is 4.79 Å². The van der Waals surface area contributed by atoms with Gasteiger partial charge in [0.05, 0.1) is 39.6 Å². The molecule has 1 saturated heterocycles. The van der Waals surface area contributed by atoms with Gasteiger partial charge < -0.3 is 19.0 Å². The fraction of sp³-hybridized carbons (Fsp3) is 0.353. The maximum absolute atomic E-state index is 12.2. The Morgan fingerprint density at radius 1 is 1.23 bits per heavy atom. The highest BCUT2D eigenvalue weighted by molar-refractivity contribution is 5.91. The molecule has 116 valence electrons. The molecule has 3 rings (SSSR count). The van der Waals surface area contributed by atoms with Gasteiger partial charge in [-0.2, -0.15) is 0 Å². The van der Waals surface area contributed by atoms with E-state index < -0.39 is 0 Å². The van der Waals surface area contributed by atoms with Gasteiger partial charge in [0, 0.05) is 5.56 Å². The Labute approximate surface area is 130 Å². The maximum Gasteiger partial charge on any atom is 0.289 e. The number of nitrogens with zero attached hydrogens (tertiary/aromatic N) is 1. The van der Waals surface area contributed by atoms with Crippen molar-refractivity contribution in [3.8, 4) is 5.75 Å². The molecule has 22 heavy (non-hydrogen) atoms. The van der Waals surface area contributed by atoms with Crippen LogP contribution in [0.1, 0.15) is 16.1 Å². The number of amides is 1. The molecule has 0 aliphatic carbocycles. The minimum absolute atomic E-state index is 0.00602.